The predicted octanol–water partition coefficient (Wildman–Crippen LogP) is 4.10. The maximum absolute atomic E-state index is 3.79. The van der Waals surface area contributed by atoms with Gasteiger partial charge in [-0.2, -0.15) is 0 Å². The molecular formula is C17H27N. The SMILES string of the molecule is CCCNC(Cc1ccccc1C)C1CCCC1. The lowest BCUT2D eigenvalue weighted by atomic mass is 9.90. The van der Waals surface area contributed by atoms with Gasteiger partial charge in [-0.25, -0.2) is 0 Å². The van der Waals surface area contributed by atoms with Crippen molar-refractivity contribution < 1.29 is 0 Å². The molecule has 1 fully saturated rings. The van der Waals surface area contributed by atoms with Crippen molar-refractivity contribution in [3.8, 4) is 0 Å². The van der Waals surface area contributed by atoms with Crippen LogP contribution in [0.5, 0.6) is 0 Å². The van der Waals surface area contributed by atoms with Gasteiger partial charge < -0.3 is 5.32 Å². The van der Waals surface area contributed by atoms with Crippen molar-refractivity contribution >= 4 is 0 Å². The van der Waals surface area contributed by atoms with Gasteiger partial charge in [0.05, 0.1) is 0 Å². The molecule has 1 saturated carbocycles. The Morgan fingerprint density at radius 3 is 2.61 bits per heavy atom. The number of hydrogen-bond donors (Lipinski definition) is 1. The van der Waals surface area contributed by atoms with E-state index in [1.807, 2.05) is 0 Å². The quantitative estimate of drug-likeness (QED) is 0.796. The molecule has 2 rings (SSSR count). The second-order valence-electron chi connectivity index (χ2n) is 5.74. The molecule has 0 heterocycles. The molecule has 0 aliphatic heterocycles. The van der Waals surface area contributed by atoms with Crippen LogP contribution in [0.2, 0.25) is 0 Å². The molecule has 1 heteroatoms. The van der Waals surface area contributed by atoms with Crippen molar-refractivity contribution in [3.63, 3.8) is 0 Å². The Morgan fingerprint density at radius 2 is 1.94 bits per heavy atom. The summed E-state index contributed by atoms with van der Waals surface area (Å²) in [6, 6.07) is 9.54. The summed E-state index contributed by atoms with van der Waals surface area (Å²) in [6.45, 7) is 5.65. The van der Waals surface area contributed by atoms with Gasteiger partial charge in [0.1, 0.15) is 0 Å². The molecule has 18 heavy (non-hydrogen) atoms. The fourth-order valence-electron chi connectivity index (χ4n) is 3.17. The molecule has 1 atom stereocenters. The Hall–Kier alpha value is -0.820. The number of nitrogens with one attached hydrogen (secondary N) is 1. The van der Waals surface area contributed by atoms with Crippen molar-refractivity contribution in [1.29, 1.82) is 0 Å². The molecule has 1 N–H and O–H groups in total. The van der Waals surface area contributed by atoms with Crippen molar-refractivity contribution in [2.45, 2.75) is 58.4 Å². The summed E-state index contributed by atoms with van der Waals surface area (Å²) in [6.07, 6.45) is 8.15. The Morgan fingerprint density at radius 1 is 1.22 bits per heavy atom. The molecule has 0 amide bonds. The largest absolute Gasteiger partial charge is 0.313 e. The monoisotopic (exact) mass is 245 g/mol. The Balaban J connectivity index is 2.02. The second-order valence-corrected chi connectivity index (χ2v) is 5.74. The first-order valence-electron chi connectivity index (χ1n) is 7.59. The fraction of sp³-hybridized carbons (Fsp3) is 0.647. The van der Waals surface area contributed by atoms with E-state index in [-0.39, 0.29) is 0 Å². The molecule has 0 saturated heterocycles. The molecule has 1 aliphatic rings. The molecule has 0 aromatic heterocycles. The van der Waals surface area contributed by atoms with Crippen LogP contribution in [-0.4, -0.2) is 12.6 Å². The molecule has 1 aliphatic carbocycles. The summed E-state index contributed by atoms with van der Waals surface area (Å²) in [4.78, 5) is 0. The molecule has 0 radical (unpaired) electrons. The highest BCUT2D eigenvalue weighted by molar-refractivity contribution is 5.26. The van der Waals surface area contributed by atoms with Crippen LogP contribution in [0.1, 0.15) is 50.2 Å². The average Bonchev–Trinajstić information content (AvgIpc) is 2.90. The van der Waals surface area contributed by atoms with Crippen LogP contribution in [0, 0.1) is 12.8 Å². The molecule has 1 nitrogen and oxygen atoms in total. The standard InChI is InChI=1S/C17H27N/c1-3-12-18-17(15-9-6-7-10-15)13-16-11-5-4-8-14(16)2/h4-5,8,11,15,17-18H,3,6-7,9-10,12-13H2,1-2H3. The highest BCUT2D eigenvalue weighted by Crippen LogP contribution is 2.29. The van der Waals surface area contributed by atoms with Crippen LogP contribution >= 0.6 is 0 Å². The minimum Gasteiger partial charge on any atom is -0.313 e. The average molecular weight is 245 g/mol. The van der Waals surface area contributed by atoms with E-state index in [0.29, 0.717) is 6.04 Å². The lowest BCUT2D eigenvalue weighted by Gasteiger charge is -2.25. The summed E-state index contributed by atoms with van der Waals surface area (Å²) >= 11 is 0. The smallest absolute Gasteiger partial charge is 0.0136 e. The van der Waals surface area contributed by atoms with E-state index in [4.69, 9.17) is 0 Å². The molecule has 0 bridgehead atoms. The highest BCUT2D eigenvalue weighted by atomic mass is 14.9. The third kappa shape index (κ3) is 3.58. The highest BCUT2D eigenvalue weighted by Gasteiger charge is 2.24. The van der Waals surface area contributed by atoms with E-state index in [0.717, 1.165) is 12.5 Å². The predicted molar refractivity (Wildman–Crippen MR) is 78.9 cm³/mol. The van der Waals surface area contributed by atoms with Crippen LogP contribution < -0.4 is 5.32 Å². The van der Waals surface area contributed by atoms with Crippen LogP contribution in [0.3, 0.4) is 0 Å². The van der Waals surface area contributed by atoms with Gasteiger partial charge in [-0.05, 0) is 56.2 Å². The zero-order valence-electron chi connectivity index (χ0n) is 11.9. The van der Waals surface area contributed by atoms with Gasteiger partial charge in [0.2, 0.25) is 0 Å². The number of hydrogen-bond acceptors (Lipinski definition) is 1. The maximum atomic E-state index is 3.79. The normalized spacial score (nSPS) is 18.1. The van der Waals surface area contributed by atoms with Gasteiger partial charge >= 0.3 is 0 Å². The lowest BCUT2D eigenvalue weighted by Crippen LogP contribution is -2.37. The van der Waals surface area contributed by atoms with Crippen molar-refractivity contribution in [2.24, 2.45) is 5.92 Å². The van der Waals surface area contributed by atoms with Gasteiger partial charge in [0.15, 0.2) is 0 Å². The van der Waals surface area contributed by atoms with Crippen molar-refractivity contribution in [3.05, 3.63) is 35.4 Å². The van der Waals surface area contributed by atoms with Crippen molar-refractivity contribution in [2.75, 3.05) is 6.54 Å². The fourth-order valence-corrected chi connectivity index (χ4v) is 3.17. The number of aryl methyl sites for hydroxylation is 1. The Bertz CT molecular complexity index is 352. The van der Waals surface area contributed by atoms with Crippen LogP contribution in [0.4, 0.5) is 0 Å². The summed E-state index contributed by atoms with van der Waals surface area (Å²) in [5.74, 6) is 0.899. The summed E-state index contributed by atoms with van der Waals surface area (Å²) in [5, 5.41) is 3.79. The van der Waals surface area contributed by atoms with E-state index in [2.05, 4.69) is 43.4 Å². The Labute approximate surface area is 112 Å². The summed E-state index contributed by atoms with van der Waals surface area (Å²) in [5.41, 5.74) is 2.97. The first-order valence-corrected chi connectivity index (χ1v) is 7.59. The number of benzene rings is 1. The molecule has 1 aromatic rings. The lowest BCUT2D eigenvalue weighted by molar-refractivity contribution is 0.356. The van der Waals surface area contributed by atoms with E-state index < -0.39 is 0 Å². The number of rotatable bonds is 6. The van der Waals surface area contributed by atoms with E-state index in [9.17, 15) is 0 Å². The topological polar surface area (TPSA) is 12.0 Å². The third-order valence-corrected chi connectivity index (χ3v) is 4.33. The minimum atomic E-state index is 0.688. The summed E-state index contributed by atoms with van der Waals surface area (Å²) < 4.78 is 0. The van der Waals surface area contributed by atoms with E-state index in [1.54, 1.807) is 0 Å². The zero-order chi connectivity index (χ0) is 12.8. The third-order valence-electron chi connectivity index (χ3n) is 4.33. The second kappa shape index (κ2) is 6.94. The minimum absolute atomic E-state index is 0.688. The van der Waals surface area contributed by atoms with Crippen molar-refractivity contribution in [1.82, 2.24) is 5.32 Å². The van der Waals surface area contributed by atoms with E-state index in [1.165, 1.54) is 49.7 Å². The summed E-state index contributed by atoms with van der Waals surface area (Å²) in [7, 11) is 0. The molecule has 0 spiro atoms. The molecule has 1 unspecified atom stereocenters. The van der Waals surface area contributed by atoms with Gasteiger partial charge in [-0.3, -0.25) is 0 Å². The molecule has 1 aromatic carbocycles. The van der Waals surface area contributed by atoms with Gasteiger partial charge in [0, 0.05) is 6.04 Å². The van der Waals surface area contributed by atoms with Crippen LogP contribution in [0.25, 0.3) is 0 Å². The van der Waals surface area contributed by atoms with Gasteiger partial charge in [-0.1, -0.05) is 44.0 Å². The first kappa shape index (κ1) is 13.6. The molecular weight excluding hydrogens is 218 g/mol. The zero-order valence-corrected chi connectivity index (χ0v) is 11.9. The van der Waals surface area contributed by atoms with Gasteiger partial charge in [-0.15, -0.1) is 0 Å². The maximum Gasteiger partial charge on any atom is 0.0136 e. The van der Waals surface area contributed by atoms with Crippen LogP contribution in [0.15, 0.2) is 24.3 Å². The van der Waals surface area contributed by atoms with E-state index >= 15 is 0 Å². The Kier molecular flexibility index (Phi) is 5.25. The molecule has 100 valence electrons. The van der Waals surface area contributed by atoms with Crippen LogP contribution in [-0.2, 0) is 6.42 Å². The van der Waals surface area contributed by atoms with Gasteiger partial charge in [0.25, 0.3) is 0 Å². The first-order chi connectivity index (χ1) is 8.81.